The normalized spacial score (nSPS) is 37.9. The molecule has 2 saturated carbocycles. The van der Waals surface area contributed by atoms with Crippen LogP contribution in [-0.4, -0.2) is 29.6 Å². The molecule has 2 N–H and O–H groups in total. The summed E-state index contributed by atoms with van der Waals surface area (Å²) in [6, 6.07) is 0.888. The second-order valence-electron chi connectivity index (χ2n) is 6.79. The molecular formula is C15H28N2. The van der Waals surface area contributed by atoms with E-state index in [9.17, 15) is 0 Å². The molecule has 0 aromatic carbocycles. The highest BCUT2D eigenvalue weighted by atomic mass is 15.2. The number of fused-ring (bicyclic) bond motifs is 1. The Morgan fingerprint density at radius 2 is 1.65 bits per heavy atom. The summed E-state index contributed by atoms with van der Waals surface area (Å²) in [4.78, 5) is 2.78. The fraction of sp³-hybridized carbons (Fsp3) is 1.00. The molecule has 0 amide bonds. The third-order valence-electron chi connectivity index (χ3n) is 5.48. The van der Waals surface area contributed by atoms with E-state index in [-0.39, 0.29) is 5.54 Å². The minimum Gasteiger partial charge on any atom is -0.324 e. The number of rotatable bonds is 2. The molecule has 3 rings (SSSR count). The zero-order valence-electron chi connectivity index (χ0n) is 11.2. The molecule has 0 bridgehead atoms. The maximum Gasteiger partial charge on any atom is 0.0283 e. The first-order valence-electron chi connectivity index (χ1n) is 7.80. The zero-order valence-corrected chi connectivity index (χ0v) is 11.2. The summed E-state index contributed by atoms with van der Waals surface area (Å²) in [5.74, 6) is 1.00. The number of likely N-dealkylation sites (tertiary alicyclic amines) is 1. The molecule has 1 saturated heterocycles. The van der Waals surface area contributed by atoms with E-state index in [1.54, 1.807) is 0 Å². The van der Waals surface area contributed by atoms with Gasteiger partial charge in [0.05, 0.1) is 0 Å². The molecule has 1 aliphatic heterocycles. The van der Waals surface area contributed by atoms with Crippen LogP contribution in [0.25, 0.3) is 0 Å². The van der Waals surface area contributed by atoms with Crippen LogP contribution in [0.3, 0.4) is 0 Å². The molecule has 2 heteroatoms. The molecule has 17 heavy (non-hydrogen) atoms. The monoisotopic (exact) mass is 236 g/mol. The molecule has 1 heterocycles. The van der Waals surface area contributed by atoms with E-state index in [2.05, 4.69) is 4.90 Å². The Bertz CT molecular complexity index is 256. The maximum absolute atomic E-state index is 6.57. The van der Waals surface area contributed by atoms with E-state index >= 15 is 0 Å². The van der Waals surface area contributed by atoms with Crippen LogP contribution in [-0.2, 0) is 0 Å². The first-order chi connectivity index (χ1) is 8.27. The highest BCUT2D eigenvalue weighted by Crippen LogP contribution is 2.37. The van der Waals surface area contributed by atoms with Crippen LogP contribution < -0.4 is 5.73 Å². The van der Waals surface area contributed by atoms with Gasteiger partial charge < -0.3 is 5.73 Å². The lowest BCUT2D eigenvalue weighted by molar-refractivity contribution is 0.0431. The van der Waals surface area contributed by atoms with E-state index in [0.717, 1.165) is 12.0 Å². The van der Waals surface area contributed by atoms with Crippen molar-refractivity contribution < 1.29 is 0 Å². The summed E-state index contributed by atoms with van der Waals surface area (Å²) in [6.45, 7) is 2.51. The van der Waals surface area contributed by atoms with Gasteiger partial charge in [-0.2, -0.15) is 0 Å². The molecule has 98 valence electrons. The number of hydrogen-bond acceptors (Lipinski definition) is 2. The molecule has 0 aromatic heterocycles. The van der Waals surface area contributed by atoms with E-state index < -0.39 is 0 Å². The van der Waals surface area contributed by atoms with Gasteiger partial charge >= 0.3 is 0 Å². The number of hydrogen-bond donors (Lipinski definition) is 1. The van der Waals surface area contributed by atoms with Crippen LogP contribution in [0.2, 0.25) is 0 Å². The van der Waals surface area contributed by atoms with Crippen molar-refractivity contribution in [1.29, 1.82) is 0 Å². The van der Waals surface area contributed by atoms with Gasteiger partial charge in [-0.25, -0.2) is 0 Å². The molecule has 3 fully saturated rings. The van der Waals surface area contributed by atoms with Gasteiger partial charge in [-0.15, -0.1) is 0 Å². The van der Waals surface area contributed by atoms with Gasteiger partial charge in [0.2, 0.25) is 0 Å². The Hall–Kier alpha value is -0.0800. The first kappa shape index (κ1) is 12.0. The Morgan fingerprint density at radius 3 is 2.47 bits per heavy atom. The summed E-state index contributed by atoms with van der Waals surface area (Å²) in [6.07, 6.45) is 14.0. The van der Waals surface area contributed by atoms with Gasteiger partial charge in [0.25, 0.3) is 0 Å². The molecule has 0 aromatic rings. The topological polar surface area (TPSA) is 29.3 Å². The van der Waals surface area contributed by atoms with Crippen LogP contribution in [0.4, 0.5) is 0 Å². The van der Waals surface area contributed by atoms with Crippen LogP contribution in [0.1, 0.15) is 64.2 Å². The van der Waals surface area contributed by atoms with Crippen molar-refractivity contribution in [3.63, 3.8) is 0 Å². The smallest absolute Gasteiger partial charge is 0.0283 e. The van der Waals surface area contributed by atoms with Crippen LogP contribution in [0.15, 0.2) is 0 Å². The number of piperidine rings is 1. The van der Waals surface area contributed by atoms with Crippen molar-refractivity contribution in [1.82, 2.24) is 4.90 Å². The summed E-state index contributed by atoms with van der Waals surface area (Å²) in [5, 5.41) is 0. The SMILES string of the molecule is NC1(CN2CCC[C@H]3CCCC[C@H]32)CCCC1. The van der Waals surface area contributed by atoms with Crippen LogP contribution in [0.5, 0.6) is 0 Å². The van der Waals surface area contributed by atoms with Crippen molar-refractivity contribution in [2.75, 3.05) is 13.1 Å². The van der Waals surface area contributed by atoms with Gasteiger partial charge in [-0.05, 0) is 51.0 Å². The minimum atomic E-state index is 0.166. The van der Waals surface area contributed by atoms with Crippen LogP contribution >= 0.6 is 0 Å². The fourth-order valence-corrected chi connectivity index (χ4v) is 4.57. The molecule has 3 aliphatic rings. The Kier molecular flexibility index (Phi) is 3.45. The van der Waals surface area contributed by atoms with Gasteiger partial charge in [0, 0.05) is 18.1 Å². The zero-order chi connectivity index (χ0) is 11.7. The summed E-state index contributed by atoms with van der Waals surface area (Å²) in [7, 11) is 0. The average molecular weight is 236 g/mol. The van der Waals surface area contributed by atoms with Crippen molar-refractivity contribution >= 4 is 0 Å². The Morgan fingerprint density at radius 1 is 0.941 bits per heavy atom. The lowest BCUT2D eigenvalue weighted by Gasteiger charge is -2.46. The Labute approximate surface area is 106 Å². The highest BCUT2D eigenvalue weighted by molar-refractivity contribution is 4.96. The highest BCUT2D eigenvalue weighted by Gasteiger charge is 2.38. The van der Waals surface area contributed by atoms with E-state index in [4.69, 9.17) is 5.73 Å². The van der Waals surface area contributed by atoms with E-state index in [1.165, 1.54) is 77.3 Å². The second kappa shape index (κ2) is 4.89. The second-order valence-corrected chi connectivity index (χ2v) is 6.79. The number of nitrogens with zero attached hydrogens (tertiary/aromatic N) is 1. The van der Waals surface area contributed by atoms with Gasteiger partial charge in [-0.1, -0.05) is 25.7 Å². The molecule has 2 aliphatic carbocycles. The molecule has 0 spiro atoms. The molecule has 2 nitrogen and oxygen atoms in total. The quantitative estimate of drug-likeness (QED) is 0.799. The predicted octanol–water partition coefficient (Wildman–Crippen LogP) is 2.91. The van der Waals surface area contributed by atoms with E-state index in [1.807, 2.05) is 0 Å². The molecular weight excluding hydrogens is 208 g/mol. The summed E-state index contributed by atoms with van der Waals surface area (Å²) in [5.41, 5.74) is 6.74. The predicted molar refractivity (Wildman–Crippen MR) is 71.9 cm³/mol. The fourth-order valence-electron chi connectivity index (χ4n) is 4.57. The third kappa shape index (κ3) is 2.53. The van der Waals surface area contributed by atoms with Gasteiger partial charge in [-0.3, -0.25) is 4.90 Å². The summed E-state index contributed by atoms with van der Waals surface area (Å²) < 4.78 is 0. The van der Waals surface area contributed by atoms with Crippen molar-refractivity contribution in [2.24, 2.45) is 11.7 Å². The van der Waals surface area contributed by atoms with Crippen molar-refractivity contribution in [3.8, 4) is 0 Å². The lowest BCUT2D eigenvalue weighted by Crippen LogP contribution is -2.55. The minimum absolute atomic E-state index is 0.166. The summed E-state index contributed by atoms with van der Waals surface area (Å²) >= 11 is 0. The largest absolute Gasteiger partial charge is 0.324 e. The van der Waals surface area contributed by atoms with Crippen LogP contribution in [0, 0.1) is 5.92 Å². The molecule has 0 unspecified atom stereocenters. The number of nitrogens with two attached hydrogens (primary N) is 1. The Balaban J connectivity index is 1.64. The van der Waals surface area contributed by atoms with E-state index in [0.29, 0.717) is 0 Å². The third-order valence-corrected chi connectivity index (χ3v) is 5.48. The van der Waals surface area contributed by atoms with Crippen molar-refractivity contribution in [2.45, 2.75) is 75.8 Å². The standard InChI is InChI=1S/C15H28N2/c16-15(9-3-4-10-15)12-17-11-5-7-13-6-1-2-8-14(13)17/h13-14H,1-12,16H2/t13-,14-/m1/s1. The van der Waals surface area contributed by atoms with Gasteiger partial charge in [0.15, 0.2) is 0 Å². The lowest BCUT2D eigenvalue weighted by atomic mass is 9.77. The first-order valence-corrected chi connectivity index (χ1v) is 7.80. The molecule has 0 radical (unpaired) electrons. The van der Waals surface area contributed by atoms with Gasteiger partial charge in [0.1, 0.15) is 0 Å². The van der Waals surface area contributed by atoms with Crippen molar-refractivity contribution in [3.05, 3.63) is 0 Å². The maximum atomic E-state index is 6.57. The molecule has 2 atom stereocenters. The average Bonchev–Trinajstić information content (AvgIpc) is 2.76.